The second kappa shape index (κ2) is 7.96. The lowest BCUT2D eigenvalue weighted by Gasteiger charge is -2.17. The van der Waals surface area contributed by atoms with E-state index in [0.717, 1.165) is 31.4 Å². The molecule has 0 fully saturated rings. The summed E-state index contributed by atoms with van der Waals surface area (Å²) in [5, 5.41) is 6.00. The molecule has 1 atom stereocenters. The number of hydrogen-bond donors (Lipinski definition) is 2. The van der Waals surface area contributed by atoms with Gasteiger partial charge in [-0.2, -0.15) is 0 Å². The van der Waals surface area contributed by atoms with Crippen LogP contribution in [-0.2, 0) is 19.4 Å². The van der Waals surface area contributed by atoms with E-state index in [1.165, 1.54) is 11.1 Å². The van der Waals surface area contributed by atoms with Crippen LogP contribution in [0.15, 0.2) is 36.5 Å². The number of nitrogens with one attached hydrogen (secondary N) is 2. The normalized spacial score (nSPS) is 16.5. The number of urea groups is 1. The Morgan fingerprint density at radius 3 is 2.84 bits per heavy atom. The van der Waals surface area contributed by atoms with E-state index in [1.54, 1.807) is 6.20 Å². The second-order valence-electron chi connectivity index (χ2n) is 6.63. The minimum absolute atomic E-state index is 0.144. The smallest absolute Gasteiger partial charge is 0.315 e. The van der Waals surface area contributed by atoms with Crippen molar-refractivity contribution in [3.05, 3.63) is 53.3 Å². The van der Waals surface area contributed by atoms with Gasteiger partial charge in [-0.15, -0.1) is 0 Å². The number of carbonyl (C=O) groups is 1. The van der Waals surface area contributed by atoms with Crippen molar-refractivity contribution in [3.8, 4) is 0 Å². The molecule has 1 aromatic carbocycles. The summed E-state index contributed by atoms with van der Waals surface area (Å²) in [6, 6.07) is 10.4. The van der Waals surface area contributed by atoms with Crippen LogP contribution in [0.2, 0.25) is 0 Å². The molecule has 0 spiro atoms. The molecular weight excluding hydrogens is 314 g/mol. The third kappa shape index (κ3) is 4.68. The van der Waals surface area contributed by atoms with Crippen LogP contribution in [0.5, 0.6) is 0 Å². The van der Waals surface area contributed by atoms with Gasteiger partial charge in [0.2, 0.25) is 5.95 Å². The first-order valence-corrected chi connectivity index (χ1v) is 8.72. The number of aromatic nitrogens is 2. The van der Waals surface area contributed by atoms with Gasteiger partial charge in [-0.3, -0.25) is 0 Å². The van der Waals surface area contributed by atoms with Gasteiger partial charge >= 0.3 is 6.03 Å². The molecule has 2 amide bonds. The Balaban J connectivity index is 1.53. The molecule has 25 heavy (non-hydrogen) atoms. The zero-order valence-corrected chi connectivity index (χ0v) is 14.8. The molecule has 0 saturated carbocycles. The van der Waals surface area contributed by atoms with E-state index in [0.29, 0.717) is 12.5 Å². The Morgan fingerprint density at radius 2 is 2.04 bits per heavy atom. The largest absolute Gasteiger partial charge is 0.347 e. The van der Waals surface area contributed by atoms with Gasteiger partial charge in [0.05, 0.1) is 12.2 Å². The van der Waals surface area contributed by atoms with Gasteiger partial charge in [-0.05, 0) is 42.9 Å². The number of carbonyl (C=O) groups excluding carboxylic acids is 1. The molecular formula is C19H25N5O. The first-order chi connectivity index (χ1) is 12.1. The number of nitrogens with zero attached hydrogens (tertiary/aromatic N) is 3. The van der Waals surface area contributed by atoms with Crippen LogP contribution < -0.4 is 15.5 Å². The molecule has 0 aliphatic heterocycles. The maximum absolute atomic E-state index is 12.3. The predicted octanol–water partition coefficient (Wildman–Crippen LogP) is 2.29. The van der Waals surface area contributed by atoms with E-state index in [2.05, 4.69) is 44.9 Å². The summed E-state index contributed by atoms with van der Waals surface area (Å²) in [6.45, 7) is 0.387. The quantitative estimate of drug-likeness (QED) is 0.839. The molecule has 1 aromatic heterocycles. The molecule has 6 heteroatoms. The highest BCUT2D eigenvalue weighted by molar-refractivity contribution is 5.74. The summed E-state index contributed by atoms with van der Waals surface area (Å²) in [7, 11) is 3.78. The average Bonchev–Trinajstić information content (AvgIpc) is 2.82. The Labute approximate surface area is 148 Å². The topological polar surface area (TPSA) is 70.2 Å². The highest BCUT2D eigenvalue weighted by Crippen LogP contribution is 2.20. The van der Waals surface area contributed by atoms with Gasteiger partial charge in [0.15, 0.2) is 0 Å². The summed E-state index contributed by atoms with van der Waals surface area (Å²) in [6.07, 6.45) is 5.78. The fourth-order valence-corrected chi connectivity index (χ4v) is 3.14. The zero-order valence-electron chi connectivity index (χ0n) is 14.8. The molecule has 132 valence electrons. The van der Waals surface area contributed by atoms with Crippen molar-refractivity contribution in [3.63, 3.8) is 0 Å². The van der Waals surface area contributed by atoms with Gasteiger partial charge in [-0.1, -0.05) is 24.3 Å². The highest BCUT2D eigenvalue weighted by atomic mass is 16.2. The molecule has 1 heterocycles. The first-order valence-electron chi connectivity index (χ1n) is 8.72. The molecule has 2 aromatic rings. The van der Waals surface area contributed by atoms with Gasteiger partial charge in [-0.25, -0.2) is 14.8 Å². The van der Waals surface area contributed by atoms with E-state index in [-0.39, 0.29) is 12.1 Å². The summed E-state index contributed by atoms with van der Waals surface area (Å²) in [5.41, 5.74) is 3.54. The molecule has 6 nitrogen and oxygen atoms in total. The van der Waals surface area contributed by atoms with E-state index in [4.69, 9.17) is 0 Å². The maximum atomic E-state index is 12.3. The molecule has 0 saturated heterocycles. The predicted molar refractivity (Wildman–Crippen MR) is 98.6 cm³/mol. The molecule has 3 rings (SSSR count). The fraction of sp³-hybridized carbons (Fsp3) is 0.421. The standard InChI is InChI=1S/C19H25N5O/c1-24(2)18-20-11-10-17(22-18)13-21-19(25)23-16-9-5-8-14-6-3-4-7-15(14)12-16/h3-4,6-7,10-11,16H,5,8-9,12-13H2,1-2H3,(H2,21,23,25). The minimum Gasteiger partial charge on any atom is -0.347 e. The van der Waals surface area contributed by atoms with Crippen LogP contribution in [-0.4, -0.2) is 36.1 Å². The summed E-state index contributed by atoms with van der Waals surface area (Å²) < 4.78 is 0. The number of aryl methyl sites for hydroxylation is 1. The van der Waals surface area contributed by atoms with Crippen LogP contribution in [0.3, 0.4) is 0 Å². The molecule has 1 unspecified atom stereocenters. The number of rotatable bonds is 4. The van der Waals surface area contributed by atoms with Gasteiger partial charge in [0, 0.05) is 26.3 Å². The second-order valence-corrected chi connectivity index (χ2v) is 6.63. The summed E-state index contributed by atoms with van der Waals surface area (Å²) in [4.78, 5) is 22.7. The van der Waals surface area contributed by atoms with Crippen LogP contribution >= 0.6 is 0 Å². The Bertz CT molecular complexity index is 731. The number of anilines is 1. The van der Waals surface area contributed by atoms with Crippen molar-refractivity contribution in [2.45, 2.75) is 38.3 Å². The molecule has 0 radical (unpaired) electrons. The first kappa shape index (κ1) is 17.2. The summed E-state index contributed by atoms with van der Waals surface area (Å²) >= 11 is 0. The number of benzene rings is 1. The molecule has 1 aliphatic carbocycles. The zero-order chi connectivity index (χ0) is 17.6. The van der Waals surface area contributed by atoms with Crippen LogP contribution in [0.4, 0.5) is 10.7 Å². The molecule has 2 N–H and O–H groups in total. The number of hydrogen-bond acceptors (Lipinski definition) is 4. The third-order valence-electron chi connectivity index (χ3n) is 4.45. The van der Waals surface area contributed by atoms with Crippen molar-refractivity contribution in [2.75, 3.05) is 19.0 Å². The van der Waals surface area contributed by atoms with Crippen LogP contribution in [0.25, 0.3) is 0 Å². The van der Waals surface area contributed by atoms with E-state index in [1.807, 2.05) is 25.1 Å². The fourth-order valence-electron chi connectivity index (χ4n) is 3.14. The van der Waals surface area contributed by atoms with E-state index < -0.39 is 0 Å². The molecule has 1 aliphatic rings. The van der Waals surface area contributed by atoms with Crippen molar-refractivity contribution in [2.24, 2.45) is 0 Å². The summed E-state index contributed by atoms with van der Waals surface area (Å²) in [5.74, 6) is 0.639. The van der Waals surface area contributed by atoms with Gasteiger partial charge < -0.3 is 15.5 Å². The minimum atomic E-state index is -0.144. The third-order valence-corrected chi connectivity index (χ3v) is 4.45. The Morgan fingerprint density at radius 1 is 1.24 bits per heavy atom. The van der Waals surface area contributed by atoms with E-state index in [9.17, 15) is 4.79 Å². The lowest BCUT2D eigenvalue weighted by Crippen LogP contribution is -2.42. The van der Waals surface area contributed by atoms with Crippen molar-refractivity contribution < 1.29 is 4.79 Å². The van der Waals surface area contributed by atoms with Crippen LogP contribution in [0.1, 0.15) is 29.7 Å². The Hall–Kier alpha value is -2.63. The average molecular weight is 339 g/mol. The molecule has 0 bridgehead atoms. The van der Waals surface area contributed by atoms with Gasteiger partial charge in [0.25, 0.3) is 0 Å². The van der Waals surface area contributed by atoms with E-state index >= 15 is 0 Å². The monoisotopic (exact) mass is 339 g/mol. The Kier molecular flexibility index (Phi) is 5.48. The van der Waals surface area contributed by atoms with Crippen molar-refractivity contribution >= 4 is 12.0 Å². The SMILES string of the molecule is CN(C)c1nccc(CNC(=O)NC2CCCc3ccccc3C2)n1. The lowest BCUT2D eigenvalue weighted by atomic mass is 10.0. The highest BCUT2D eigenvalue weighted by Gasteiger charge is 2.18. The van der Waals surface area contributed by atoms with Crippen molar-refractivity contribution in [1.82, 2.24) is 20.6 Å². The lowest BCUT2D eigenvalue weighted by molar-refractivity contribution is 0.235. The van der Waals surface area contributed by atoms with Crippen molar-refractivity contribution in [1.29, 1.82) is 0 Å². The number of fused-ring (bicyclic) bond motifs is 1. The maximum Gasteiger partial charge on any atom is 0.315 e. The van der Waals surface area contributed by atoms with Crippen LogP contribution in [0, 0.1) is 0 Å². The number of amides is 2. The van der Waals surface area contributed by atoms with Gasteiger partial charge in [0.1, 0.15) is 0 Å².